The third kappa shape index (κ3) is 10.00. The van der Waals surface area contributed by atoms with Gasteiger partial charge in [-0.1, -0.05) is 26.8 Å². The van der Waals surface area contributed by atoms with Crippen molar-refractivity contribution in [1.29, 1.82) is 0 Å². The van der Waals surface area contributed by atoms with Gasteiger partial charge in [-0.15, -0.1) is 0 Å². The number of imidazole rings is 1. The van der Waals surface area contributed by atoms with Gasteiger partial charge in [0.2, 0.25) is 11.8 Å². The van der Waals surface area contributed by atoms with E-state index in [1.165, 1.54) is 40.9 Å². The van der Waals surface area contributed by atoms with Gasteiger partial charge in [0, 0.05) is 34.4 Å². The highest BCUT2D eigenvalue weighted by molar-refractivity contribution is 5.96. The summed E-state index contributed by atoms with van der Waals surface area (Å²) in [7, 11) is 6.47. The Bertz CT molecular complexity index is 1600. The number of aromatic nitrogens is 3. The van der Waals surface area contributed by atoms with E-state index >= 15 is 0 Å². The maximum atomic E-state index is 14.5. The number of aryl methyl sites for hydroxylation is 1. The van der Waals surface area contributed by atoms with Crippen LogP contribution >= 0.6 is 0 Å². The topological polar surface area (TPSA) is 137 Å². The Labute approximate surface area is 262 Å². The van der Waals surface area contributed by atoms with Crippen molar-refractivity contribution >= 4 is 34.6 Å². The monoisotopic (exact) mass is 626 g/mol. The Morgan fingerprint density at radius 2 is 1.91 bits per heavy atom. The maximum Gasteiger partial charge on any atom is 0.407 e. The van der Waals surface area contributed by atoms with E-state index in [1.54, 1.807) is 44.0 Å². The molecule has 0 saturated carbocycles. The first-order valence-electron chi connectivity index (χ1n) is 14.6. The van der Waals surface area contributed by atoms with Crippen molar-refractivity contribution in [1.82, 2.24) is 24.3 Å². The summed E-state index contributed by atoms with van der Waals surface area (Å²) in [5.41, 5.74) is 1.50. The van der Waals surface area contributed by atoms with Crippen LogP contribution in [0.1, 0.15) is 45.0 Å². The first-order valence-corrected chi connectivity index (χ1v) is 14.6. The smallest absolute Gasteiger partial charge is 0.407 e. The Balaban J connectivity index is 1.82. The normalized spacial score (nSPS) is 12.4. The Morgan fingerprint density at radius 3 is 2.58 bits per heavy atom. The number of methoxy groups -OCH3 is 1. The van der Waals surface area contributed by atoms with Gasteiger partial charge in [-0.25, -0.2) is 14.2 Å². The average Bonchev–Trinajstić information content (AvgIpc) is 3.26. The van der Waals surface area contributed by atoms with Crippen molar-refractivity contribution in [2.45, 2.75) is 52.6 Å². The van der Waals surface area contributed by atoms with E-state index in [2.05, 4.69) is 31.4 Å². The van der Waals surface area contributed by atoms with Crippen LogP contribution in [-0.2, 0) is 39.1 Å². The number of allylic oxidation sites excluding steroid dienone is 1. The molecule has 12 nitrogen and oxygen atoms in total. The number of rotatable bonds is 13. The van der Waals surface area contributed by atoms with Crippen molar-refractivity contribution in [3.63, 3.8) is 0 Å². The minimum atomic E-state index is -1.07. The SMILES string of the molecule is COCCOC(=O)N[C@@H](CC/C=C/C(=O)N(C)C)C(=O)Nc1cccn(Cc2nc3c(CC(C)(C)C)cc(F)cc3n2C)c1=O. The Hall–Kier alpha value is -4.52. The van der Waals surface area contributed by atoms with Gasteiger partial charge in [0.05, 0.1) is 24.2 Å². The van der Waals surface area contributed by atoms with Crippen LogP contribution in [0.2, 0.25) is 0 Å². The number of fused-ring (bicyclic) bond motifs is 1. The van der Waals surface area contributed by atoms with Gasteiger partial charge in [0.1, 0.15) is 30.0 Å². The van der Waals surface area contributed by atoms with Crippen LogP contribution in [0.4, 0.5) is 14.9 Å². The lowest BCUT2D eigenvalue weighted by atomic mass is 9.87. The molecule has 3 aromatic rings. The van der Waals surface area contributed by atoms with Crippen molar-refractivity contribution in [3.05, 3.63) is 70.2 Å². The van der Waals surface area contributed by atoms with Crippen LogP contribution in [0.25, 0.3) is 11.0 Å². The molecule has 0 bridgehead atoms. The van der Waals surface area contributed by atoms with Gasteiger partial charge in [-0.05, 0) is 60.6 Å². The molecule has 0 radical (unpaired) electrons. The fourth-order valence-electron chi connectivity index (χ4n) is 4.61. The van der Waals surface area contributed by atoms with Crippen LogP contribution in [-0.4, -0.2) is 77.4 Å². The number of amides is 3. The maximum absolute atomic E-state index is 14.5. The molecule has 0 aliphatic heterocycles. The fourth-order valence-corrected chi connectivity index (χ4v) is 4.61. The number of carbonyl (C=O) groups is 3. The molecule has 0 spiro atoms. The first kappa shape index (κ1) is 35.0. The van der Waals surface area contributed by atoms with Crippen molar-refractivity contribution in [3.8, 4) is 0 Å². The molecule has 0 aliphatic rings. The quantitative estimate of drug-likeness (QED) is 0.219. The van der Waals surface area contributed by atoms with Crippen molar-refractivity contribution < 1.29 is 28.2 Å². The summed E-state index contributed by atoms with van der Waals surface area (Å²) in [5, 5.41) is 5.14. The highest BCUT2D eigenvalue weighted by atomic mass is 19.1. The summed E-state index contributed by atoms with van der Waals surface area (Å²) in [5.74, 6) is -0.674. The number of alkyl carbamates (subject to hydrolysis) is 1. The summed E-state index contributed by atoms with van der Waals surface area (Å²) in [4.78, 5) is 57.1. The predicted octanol–water partition coefficient (Wildman–Crippen LogP) is 3.62. The average molecular weight is 627 g/mol. The lowest BCUT2D eigenvalue weighted by Gasteiger charge is -2.18. The fraction of sp³-hybridized carbons (Fsp3) is 0.469. The molecule has 13 heteroatoms. The van der Waals surface area contributed by atoms with Gasteiger partial charge >= 0.3 is 6.09 Å². The summed E-state index contributed by atoms with van der Waals surface area (Å²) < 4.78 is 27.6. The number of pyridine rings is 1. The van der Waals surface area contributed by atoms with Crippen LogP contribution in [0, 0.1) is 11.2 Å². The summed E-state index contributed by atoms with van der Waals surface area (Å²) in [6.07, 6.45) is 4.78. The minimum Gasteiger partial charge on any atom is -0.447 e. The van der Waals surface area contributed by atoms with Gasteiger partial charge in [0.15, 0.2) is 0 Å². The number of halogens is 1. The van der Waals surface area contributed by atoms with E-state index in [9.17, 15) is 23.6 Å². The number of ether oxygens (including phenoxy) is 2. The van der Waals surface area contributed by atoms with E-state index in [0.717, 1.165) is 5.56 Å². The molecule has 2 N–H and O–H groups in total. The highest BCUT2D eigenvalue weighted by Crippen LogP contribution is 2.28. The number of hydrogen-bond acceptors (Lipinski definition) is 7. The number of carbonyl (C=O) groups excluding carboxylic acids is 3. The van der Waals surface area contributed by atoms with Gasteiger partial charge in [-0.2, -0.15) is 0 Å². The van der Waals surface area contributed by atoms with Crippen LogP contribution in [0.3, 0.4) is 0 Å². The van der Waals surface area contributed by atoms with Gasteiger partial charge in [0.25, 0.3) is 5.56 Å². The second kappa shape index (κ2) is 15.5. The highest BCUT2D eigenvalue weighted by Gasteiger charge is 2.23. The Morgan fingerprint density at radius 1 is 1.18 bits per heavy atom. The number of likely N-dealkylation sites (N-methyl/N-ethyl adjacent to an activating group) is 1. The van der Waals surface area contributed by atoms with E-state index in [0.29, 0.717) is 29.7 Å². The molecule has 0 fully saturated rings. The molecule has 45 heavy (non-hydrogen) atoms. The first-order chi connectivity index (χ1) is 21.2. The Kier molecular flexibility index (Phi) is 12.0. The molecule has 3 rings (SSSR count). The number of nitrogens with zero attached hydrogens (tertiary/aromatic N) is 4. The van der Waals surface area contributed by atoms with E-state index in [4.69, 9.17) is 14.5 Å². The van der Waals surface area contributed by atoms with Crippen molar-refractivity contribution in [2.75, 3.05) is 39.7 Å². The van der Waals surface area contributed by atoms with E-state index in [-0.39, 0.29) is 49.0 Å². The van der Waals surface area contributed by atoms with Crippen molar-refractivity contribution in [2.24, 2.45) is 12.5 Å². The molecule has 0 unspecified atom stereocenters. The molecule has 1 atom stereocenters. The second-order valence-electron chi connectivity index (χ2n) is 12.1. The lowest BCUT2D eigenvalue weighted by Crippen LogP contribution is -2.45. The van der Waals surface area contributed by atoms with E-state index < -0.39 is 23.6 Å². The lowest BCUT2D eigenvalue weighted by molar-refractivity contribution is -0.123. The molecule has 244 valence electrons. The molecule has 2 heterocycles. The summed E-state index contributed by atoms with van der Waals surface area (Å²) >= 11 is 0. The van der Waals surface area contributed by atoms with Crippen LogP contribution in [0.5, 0.6) is 0 Å². The minimum absolute atomic E-state index is 0.00129. The zero-order valence-corrected chi connectivity index (χ0v) is 27.0. The molecule has 2 aromatic heterocycles. The van der Waals surface area contributed by atoms with Gasteiger partial charge in [-0.3, -0.25) is 14.4 Å². The molecule has 0 aliphatic carbocycles. The molecule has 1 aromatic carbocycles. The number of benzene rings is 1. The third-order valence-corrected chi connectivity index (χ3v) is 6.89. The third-order valence-electron chi connectivity index (χ3n) is 6.89. The number of nitrogens with one attached hydrogen (secondary N) is 2. The molecule has 0 saturated heterocycles. The summed E-state index contributed by atoms with van der Waals surface area (Å²) in [6, 6.07) is 4.94. The van der Waals surface area contributed by atoms with Gasteiger partial charge < -0.3 is 34.1 Å². The zero-order valence-electron chi connectivity index (χ0n) is 27.0. The number of anilines is 1. The van der Waals surface area contributed by atoms with E-state index in [1.807, 2.05) is 0 Å². The molecular weight excluding hydrogens is 583 g/mol. The van der Waals surface area contributed by atoms with Crippen LogP contribution < -0.4 is 16.2 Å². The predicted molar refractivity (Wildman–Crippen MR) is 169 cm³/mol. The largest absolute Gasteiger partial charge is 0.447 e. The number of hydrogen-bond donors (Lipinski definition) is 2. The molecular formula is C32H43FN6O6. The standard InChI is InChI=1S/C32H43FN6O6/c1-32(2,3)19-21-17-22(33)18-25-28(21)36-26(38(25)6)20-39-14-10-12-24(30(39)42)34-29(41)23(35-31(43)45-16-15-44-7)11-8-9-13-27(40)37(4)5/h9-10,12-14,17-18,23H,8,11,15-16,19-20H2,1-7H3,(H,34,41)(H,35,43)/b13-9+/t23-/m0/s1. The summed E-state index contributed by atoms with van der Waals surface area (Å²) in [6.45, 7) is 6.45. The second-order valence-corrected chi connectivity index (χ2v) is 12.1. The molecule has 3 amide bonds. The van der Waals surface area contributed by atoms with Crippen LogP contribution in [0.15, 0.2) is 47.4 Å². The zero-order chi connectivity index (χ0) is 33.3.